The highest BCUT2D eigenvalue weighted by Crippen LogP contribution is 2.04. The maximum Gasteiger partial charge on any atom is 0.332 e. The van der Waals surface area contributed by atoms with E-state index in [-0.39, 0.29) is 11.2 Å². The number of unbranched alkanes of at least 4 members (excludes halogenated alkanes) is 3. The Balaban J connectivity index is 2.33. The summed E-state index contributed by atoms with van der Waals surface area (Å²) in [6, 6.07) is 0. The molecular weight excluding hydrogens is 260 g/mol. The predicted octanol–water partition coefficient (Wildman–Crippen LogP) is 0.193. The molecule has 0 aromatic carbocycles. The first kappa shape index (κ1) is 14.2. The number of rotatable bonds is 6. The van der Waals surface area contributed by atoms with Gasteiger partial charge in [-0.25, -0.2) is 9.78 Å². The lowest BCUT2D eigenvalue weighted by Gasteiger charge is -2.08. The van der Waals surface area contributed by atoms with Crippen LogP contribution in [0.2, 0.25) is 0 Å². The molecule has 2 heterocycles. The molecule has 7 nitrogen and oxygen atoms in total. The summed E-state index contributed by atoms with van der Waals surface area (Å²) in [6.45, 7) is 0.367. The van der Waals surface area contributed by atoms with Gasteiger partial charge in [0.05, 0.1) is 6.33 Å². The average Bonchev–Trinajstić information content (AvgIpc) is 2.81. The molecule has 0 bridgehead atoms. The van der Waals surface area contributed by atoms with Crippen molar-refractivity contribution in [2.75, 3.05) is 0 Å². The third-order valence-corrected chi connectivity index (χ3v) is 3.40. The van der Waals surface area contributed by atoms with Crippen molar-refractivity contribution in [3.8, 4) is 0 Å². The van der Waals surface area contributed by atoms with Crippen LogP contribution in [0.4, 0.5) is 0 Å². The lowest BCUT2D eigenvalue weighted by atomic mass is 10.2. The van der Waals surface area contributed by atoms with Gasteiger partial charge in [-0.15, -0.1) is 0 Å². The Bertz CT molecular complexity index is 738. The zero-order valence-corrected chi connectivity index (χ0v) is 11.7. The minimum atomic E-state index is -0.350. The standard InChI is InChI=1S/C13H18N4O3/c1-15-9-14-11-10(15)12(19)17(13(20)16(11)2)7-5-3-4-6-8-18/h8-9H,3-7H2,1-2H3. The van der Waals surface area contributed by atoms with Crippen molar-refractivity contribution in [1.29, 1.82) is 0 Å². The zero-order chi connectivity index (χ0) is 14.7. The van der Waals surface area contributed by atoms with Gasteiger partial charge in [0.2, 0.25) is 0 Å². The molecule has 20 heavy (non-hydrogen) atoms. The molecule has 0 aliphatic carbocycles. The molecule has 0 aliphatic rings. The second kappa shape index (κ2) is 5.85. The van der Waals surface area contributed by atoms with E-state index < -0.39 is 0 Å². The van der Waals surface area contributed by atoms with E-state index in [2.05, 4.69) is 4.98 Å². The van der Waals surface area contributed by atoms with Crippen molar-refractivity contribution in [1.82, 2.24) is 18.7 Å². The van der Waals surface area contributed by atoms with Crippen LogP contribution in [0.15, 0.2) is 15.9 Å². The van der Waals surface area contributed by atoms with E-state index in [9.17, 15) is 14.4 Å². The third-order valence-electron chi connectivity index (χ3n) is 3.40. The molecule has 2 aromatic heterocycles. The molecule has 0 saturated carbocycles. The van der Waals surface area contributed by atoms with Crippen LogP contribution >= 0.6 is 0 Å². The van der Waals surface area contributed by atoms with E-state index in [1.807, 2.05) is 0 Å². The quantitative estimate of drug-likeness (QED) is 0.558. The van der Waals surface area contributed by atoms with E-state index >= 15 is 0 Å². The van der Waals surface area contributed by atoms with Gasteiger partial charge in [0.15, 0.2) is 11.2 Å². The molecule has 0 atom stereocenters. The fourth-order valence-electron chi connectivity index (χ4n) is 2.27. The lowest BCUT2D eigenvalue weighted by Crippen LogP contribution is -2.39. The lowest BCUT2D eigenvalue weighted by molar-refractivity contribution is -0.107. The Labute approximate surface area is 115 Å². The number of carbonyl (C=O) groups excluding carboxylic acids is 1. The molecule has 0 aliphatic heterocycles. The fourth-order valence-corrected chi connectivity index (χ4v) is 2.27. The maximum absolute atomic E-state index is 12.3. The van der Waals surface area contributed by atoms with Crippen LogP contribution in [0.25, 0.3) is 11.2 Å². The Kier molecular flexibility index (Phi) is 4.16. The molecule has 108 valence electrons. The monoisotopic (exact) mass is 278 g/mol. The van der Waals surface area contributed by atoms with Crippen LogP contribution in [0.3, 0.4) is 0 Å². The number of fused-ring (bicyclic) bond motifs is 1. The van der Waals surface area contributed by atoms with Crippen molar-refractivity contribution in [3.05, 3.63) is 27.2 Å². The van der Waals surface area contributed by atoms with Gasteiger partial charge in [0.25, 0.3) is 5.56 Å². The Morgan fingerprint density at radius 2 is 1.95 bits per heavy atom. The summed E-state index contributed by atoms with van der Waals surface area (Å²) in [5.41, 5.74) is 0.176. The van der Waals surface area contributed by atoms with E-state index in [0.29, 0.717) is 30.6 Å². The van der Waals surface area contributed by atoms with E-state index in [1.54, 1.807) is 18.7 Å². The molecule has 2 aromatic rings. The van der Waals surface area contributed by atoms with Crippen LogP contribution in [0, 0.1) is 0 Å². The summed E-state index contributed by atoms with van der Waals surface area (Å²) in [7, 11) is 3.34. The van der Waals surface area contributed by atoms with Crippen LogP contribution < -0.4 is 11.2 Å². The molecule has 2 rings (SSSR count). The summed E-state index contributed by atoms with van der Waals surface area (Å²) in [5.74, 6) is 0. The van der Waals surface area contributed by atoms with E-state index in [0.717, 1.165) is 19.1 Å². The molecule has 0 amide bonds. The van der Waals surface area contributed by atoms with Gasteiger partial charge >= 0.3 is 5.69 Å². The smallest absolute Gasteiger partial charge is 0.328 e. The molecule has 7 heteroatoms. The largest absolute Gasteiger partial charge is 0.332 e. The maximum atomic E-state index is 12.3. The van der Waals surface area contributed by atoms with Gasteiger partial charge in [0, 0.05) is 27.1 Å². The van der Waals surface area contributed by atoms with Crippen LogP contribution in [0.1, 0.15) is 25.7 Å². The van der Waals surface area contributed by atoms with Crippen molar-refractivity contribution in [2.24, 2.45) is 14.1 Å². The van der Waals surface area contributed by atoms with Gasteiger partial charge < -0.3 is 9.36 Å². The summed E-state index contributed by atoms with van der Waals surface area (Å²) >= 11 is 0. The number of hydrogen-bond acceptors (Lipinski definition) is 4. The highest BCUT2D eigenvalue weighted by molar-refractivity contribution is 5.69. The first-order valence-electron chi connectivity index (χ1n) is 6.62. The van der Waals surface area contributed by atoms with Gasteiger partial charge in [-0.1, -0.05) is 6.42 Å². The minimum Gasteiger partial charge on any atom is -0.328 e. The van der Waals surface area contributed by atoms with Crippen LogP contribution in [-0.4, -0.2) is 25.0 Å². The van der Waals surface area contributed by atoms with Gasteiger partial charge in [0.1, 0.15) is 6.29 Å². The highest BCUT2D eigenvalue weighted by atomic mass is 16.2. The van der Waals surface area contributed by atoms with Crippen molar-refractivity contribution in [2.45, 2.75) is 32.2 Å². The molecule has 0 spiro atoms. The molecular formula is C13H18N4O3. The first-order chi connectivity index (χ1) is 9.57. The number of imidazole rings is 1. The summed E-state index contributed by atoms with van der Waals surface area (Å²) in [5, 5.41) is 0. The van der Waals surface area contributed by atoms with E-state index in [4.69, 9.17) is 0 Å². The second-order valence-electron chi connectivity index (χ2n) is 4.84. The van der Waals surface area contributed by atoms with E-state index in [1.165, 1.54) is 15.5 Å². The number of nitrogens with zero attached hydrogens (tertiary/aromatic N) is 4. The summed E-state index contributed by atoms with van der Waals surface area (Å²) in [4.78, 5) is 38.8. The number of aryl methyl sites for hydroxylation is 2. The second-order valence-corrected chi connectivity index (χ2v) is 4.84. The SMILES string of the molecule is Cn1cnc2c1c(=O)n(CCCCCC=O)c(=O)n2C. The Hall–Kier alpha value is -2.18. The van der Waals surface area contributed by atoms with Crippen molar-refractivity contribution in [3.63, 3.8) is 0 Å². The number of aromatic nitrogens is 4. The molecule has 0 saturated heterocycles. The summed E-state index contributed by atoms with van der Waals surface area (Å²) in [6.07, 6.45) is 5.23. The molecule has 0 unspecified atom stereocenters. The van der Waals surface area contributed by atoms with Crippen molar-refractivity contribution < 1.29 is 4.79 Å². The van der Waals surface area contributed by atoms with Crippen molar-refractivity contribution >= 4 is 17.5 Å². The number of carbonyl (C=O) groups is 1. The zero-order valence-electron chi connectivity index (χ0n) is 11.7. The molecule has 0 fully saturated rings. The van der Waals surface area contributed by atoms with Gasteiger partial charge in [-0.05, 0) is 12.8 Å². The number of aldehydes is 1. The fraction of sp³-hybridized carbons (Fsp3) is 0.538. The average molecular weight is 278 g/mol. The first-order valence-corrected chi connectivity index (χ1v) is 6.62. The highest BCUT2D eigenvalue weighted by Gasteiger charge is 2.14. The predicted molar refractivity (Wildman–Crippen MR) is 74.7 cm³/mol. The molecule has 0 radical (unpaired) electrons. The van der Waals surface area contributed by atoms with Crippen LogP contribution in [0.5, 0.6) is 0 Å². The van der Waals surface area contributed by atoms with Gasteiger partial charge in [-0.2, -0.15) is 0 Å². The normalized spacial score (nSPS) is 11.1. The van der Waals surface area contributed by atoms with Gasteiger partial charge in [-0.3, -0.25) is 13.9 Å². The third kappa shape index (κ3) is 2.43. The Morgan fingerprint density at radius 3 is 2.65 bits per heavy atom. The Morgan fingerprint density at radius 1 is 1.20 bits per heavy atom. The summed E-state index contributed by atoms with van der Waals surface area (Å²) < 4.78 is 4.26. The minimum absolute atomic E-state index is 0.307. The number of hydrogen-bond donors (Lipinski definition) is 0. The van der Waals surface area contributed by atoms with Crippen LogP contribution in [-0.2, 0) is 25.4 Å². The topological polar surface area (TPSA) is 78.9 Å². The molecule has 0 N–H and O–H groups in total.